The molecule has 0 N–H and O–H groups in total. The monoisotopic (exact) mass is 800 g/mol. The molecule has 8 nitrogen and oxygen atoms in total. The summed E-state index contributed by atoms with van der Waals surface area (Å²) in [6.45, 7) is 21.1. The largest absolute Gasteiger partial charge is 2.00 e. The van der Waals surface area contributed by atoms with Crippen LogP contribution in [0.5, 0.6) is 0 Å². The first kappa shape index (κ1) is 56.5. The fourth-order valence-corrected chi connectivity index (χ4v) is 4.13. The van der Waals surface area contributed by atoms with Crippen LogP contribution in [0.3, 0.4) is 0 Å². The summed E-state index contributed by atoms with van der Waals surface area (Å²) in [5.41, 5.74) is 0. The van der Waals surface area contributed by atoms with E-state index < -0.39 is 23.9 Å². The van der Waals surface area contributed by atoms with E-state index in [0.29, 0.717) is 37.2 Å². The van der Waals surface area contributed by atoms with Crippen LogP contribution >= 0.6 is 0 Å². The number of unbranched alkanes of at least 4 members (excludes halogenated alkanes) is 12. The molecule has 0 aliphatic carbocycles. The molecule has 2 unspecified atom stereocenters. The molecule has 2 atom stereocenters. The van der Waals surface area contributed by atoms with Gasteiger partial charge in [0.05, 0.1) is 25.2 Å². The van der Waals surface area contributed by atoms with Crippen LogP contribution in [-0.4, -0.2) is 61.0 Å². The van der Waals surface area contributed by atoms with Gasteiger partial charge in [0.1, 0.15) is 0 Å². The minimum Gasteiger partial charge on any atom is -0.545 e. The molecule has 0 heterocycles. The van der Waals surface area contributed by atoms with Gasteiger partial charge in [-0.25, -0.2) is 9.59 Å². The third-order valence-electron chi connectivity index (χ3n) is 7.43. The standard InChI is InChI=1S/2C12H20O4.2C8H17.Sn/c2*1-3-5-6-10(4-2)9-16-12(15)8-7-11(13)14;2*1-3-5-7-8-6-4-2;/h2*7-8,10H,3-6,9H2,1-2H3,(H,13,14);2*1,3-8H2,2H3;/q;;;;+2/p-2/b2*8-7+;;;. The summed E-state index contributed by atoms with van der Waals surface area (Å²) in [5, 5.41) is 20.1. The summed E-state index contributed by atoms with van der Waals surface area (Å²) >= 11 is 0. The van der Waals surface area contributed by atoms with Crippen LogP contribution in [0.15, 0.2) is 24.3 Å². The van der Waals surface area contributed by atoms with Crippen molar-refractivity contribution >= 4 is 47.8 Å². The second-order valence-electron chi connectivity index (χ2n) is 11.9. The minimum atomic E-state index is -1.39. The molecular formula is C40H72O8Sn. The number of aliphatic carboxylic acids is 2. The summed E-state index contributed by atoms with van der Waals surface area (Å²) in [6.07, 6.45) is 27.5. The van der Waals surface area contributed by atoms with Crippen molar-refractivity contribution < 1.29 is 38.9 Å². The van der Waals surface area contributed by atoms with Crippen molar-refractivity contribution in [1.29, 1.82) is 0 Å². The van der Waals surface area contributed by atoms with Gasteiger partial charge in [0.15, 0.2) is 0 Å². The Labute approximate surface area is 318 Å². The van der Waals surface area contributed by atoms with Gasteiger partial charge in [0, 0.05) is 12.2 Å². The van der Waals surface area contributed by atoms with Crippen LogP contribution in [-0.2, 0) is 28.7 Å². The van der Waals surface area contributed by atoms with Crippen molar-refractivity contribution in [2.24, 2.45) is 11.8 Å². The van der Waals surface area contributed by atoms with E-state index in [9.17, 15) is 29.4 Å². The predicted octanol–water partition coefficient (Wildman–Crippen LogP) is 8.09. The zero-order valence-electron chi connectivity index (χ0n) is 32.2. The Bertz CT molecular complexity index is 706. The number of carbonyl (C=O) groups is 4. The summed E-state index contributed by atoms with van der Waals surface area (Å²) in [6, 6.07) is 0. The smallest absolute Gasteiger partial charge is 0.545 e. The maximum absolute atomic E-state index is 11.0. The number of carboxylic acid groups (broad SMARTS) is 2. The quantitative estimate of drug-likeness (QED) is 0.0371. The maximum atomic E-state index is 11.0. The second kappa shape index (κ2) is 48.3. The Morgan fingerprint density at radius 2 is 0.816 bits per heavy atom. The molecule has 0 aromatic carbocycles. The van der Waals surface area contributed by atoms with Crippen LogP contribution in [0.2, 0.25) is 0 Å². The number of hydrogen-bond acceptors (Lipinski definition) is 8. The van der Waals surface area contributed by atoms with Gasteiger partial charge in [-0.15, -0.1) is 0 Å². The Morgan fingerprint density at radius 1 is 0.510 bits per heavy atom. The van der Waals surface area contributed by atoms with Crippen molar-refractivity contribution in [3.8, 4) is 0 Å². The number of ether oxygens (including phenoxy) is 2. The molecule has 284 valence electrons. The number of rotatable bonds is 26. The van der Waals surface area contributed by atoms with Crippen molar-refractivity contribution in [3.63, 3.8) is 0 Å². The van der Waals surface area contributed by atoms with Crippen LogP contribution in [0.4, 0.5) is 0 Å². The first-order valence-electron chi connectivity index (χ1n) is 18.7. The van der Waals surface area contributed by atoms with E-state index in [1.54, 1.807) is 0 Å². The predicted molar refractivity (Wildman–Crippen MR) is 200 cm³/mol. The van der Waals surface area contributed by atoms with E-state index in [2.05, 4.69) is 41.5 Å². The SMILES string of the molecule is CCCCC(CC)COC(=O)/C=C/C(=O)[O-].CCCCC(CC)COC(=O)/C=C/C(=O)[O-].[CH2]CCCCCCC.[CH2]CCCCCCC.[Sn+2]. The van der Waals surface area contributed by atoms with Gasteiger partial charge in [-0.2, -0.15) is 0 Å². The van der Waals surface area contributed by atoms with Gasteiger partial charge in [-0.1, -0.05) is 171 Å². The van der Waals surface area contributed by atoms with Crippen molar-refractivity contribution in [1.82, 2.24) is 0 Å². The van der Waals surface area contributed by atoms with E-state index in [4.69, 9.17) is 9.47 Å². The second-order valence-corrected chi connectivity index (χ2v) is 11.9. The molecule has 0 amide bonds. The first-order chi connectivity index (χ1) is 23.0. The molecule has 0 fully saturated rings. The van der Waals surface area contributed by atoms with Crippen molar-refractivity contribution in [2.75, 3.05) is 13.2 Å². The molecule has 0 spiro atoms. The van der Waals surface area contributed by atoms with Gasteiger partial charge in [-0.05, 0) is 36.8 Å². The topological polar surface area (TPSA) is 133 Å². The maximum Gasteiger partial charge on any atom is 2.00 e. The fraction of sp³-hybridized carbons (Fsp3) is 0.750. The van der Waals surface area contributed by atoms with Crippen LogP contribution in [0.1, 0.15) is 170 Å². The van der Waals surface area contributed by atoms with Crippen molar-refractivity contribution in [2.45, 2.75) is 170 Å². The zero-order valence-corrected chi connectivity index (χ0v) is 35.1. The number of carbonyl (C=O) groups excluding carboxylic acids is 4. The molecule has 0 aromatic heterocycles. The Morgan fingerprint density at radius 3 is 1.06 bits per heavy atom. The summed E-state index contributed by atoms with van der Waals surface area (Å²) in [4.78, 5) is 42.2. The molecule has 0 bridgehead atoms. The van der Waals surface area contributed by atoms with Crippen LogP contribution in [0, 0.1) is 25.7 Å². The fourth-order valence-electron chi connectivity index (χ4n) is 4.13. The number of hydrogen-bond donors (Lipinski definition) is 0. The van der Waals surface area contributed by atoms with Crippen LogP contribution < -0.4 is 10.2 Å². The molecule has 0 rings (SSSR count). The molecule has 0 aliphatic rings. The molecule has 4 radical (unpaired) electrons. The molecule has 0 saturated heterocycles. The average molecular weight is 800 g/mol. The van der Waals surface area contributed by atoms with Gasteiger partial charge in [0.25, 0.3) is 0 Å². The third-order valence-corrected chi connectivity index (χ3v) is 7.43. The Kier molecular flexibility index (Phi) is 55.7. The molecular weight excluding hydrogens is 727 g/mol. The van der Waals surface area contributed by atoms with E-state index >= 15 is 0 Å². The Balaban J connectivity index is -0.000000183. The molecule has 0 aromatic rings. The van der Waals surface area contributed by atoms with E-state index in [1.807, 2.05) is 13.8 Å². The number of carboxylic acids is 2. The minimum absolute atomic E-state index is 0. The van der Waals surface area contributed by atoms with Gasteiger partial charge in [0.2, 0.25) is 0 Å². The van der Waals surface area contributed by atoms with Crippen LogP contribution in [0.25, 0.3) is 0 Å². The zero-order chi connectivity index (χ0) is 37.3. The van der Waals surface area contributed by atoms with E-state index in [0.717, 1.165) is 76.4 Å². The van der Waals surface area contributed by atoms with E-state index in [1.165, 1.54) is 64.2 Å². The van der Waals surface area contributed by atoms with Gasteiger partial charge < -0.3 is 29.3 Å². The molecule has 0 saturated carbocycles. The van der Waals surface area contributed by atoms with E-state index in [-0.39, 0.29) is 23.9 Å². The average Bonchev–Trinajstić information content (AvgIpc) is 3.08. The molecule has 9 heteroatoms. The van der Waals surface area contributed by atoms with Crippen molar-refractivity contribution in [3.05, 3.63) is 38.2 Å². The number of esters is 2. The summed E-state index contributed by atoms with van der Waals surface area (Å²) < 4.78 is 9.85. The van der Waals surface area contributed by atoms with Gasteiger partial charge >= 0.3 is 35.8 Å². The molecule has 49 heavy (non-hydrogen) atoms. The summed E-state index contributed by atoms with van der Waals surface area (Å²) in [7, 11) is 0. The summed E-state index contributed by atoms with van der Waals surface area (Å²) in [5.74, 6) is -3.32. The van der Waals surface area contributed by atoms with Gasteiger partial charge in [-0.3, -0.25) is 0 Å². The first-order valence-corrected chi connectivity index (χ1v) is 18.7. The third kappa shape index (κ3) is 55.8. The molecule has 0 aliphatic heterocycles. The normalized spacial score (nSPS) is 11.4. The Hall–Kier alpha value is -1.84.